The number of nitrogens with one attached hydrogen (secondary N) is 2. The molecule has 2 heterocycles. The zero-order chi connectivity index (χ0) is 21.0. The van der Waals surface area contributed by atoms with E-state index in [2.05, 4.69) is 20.6 Å². The van der Waals surface area contributed by atoms with E-state index >= 15 is 0 Å². The summed E-state index contributed by atoms with van der Waals surface area (Å²) in [7, 11) is 0. The van der Waals surface area contributed by atoms with Crippen molar-refractivity contribution in [1.82, 2.24) is 15.3 Å². The van der Waals surface area contributed by atoms with Gasteiger partial charge in [0.25, 0.3) is 0 Å². The molecule has 2 N–H and O–H groups in total. The number of thiocarbonyl (C=S) groups is 1. The third kappa shape index (κ3) is 6.12. The molecule has 1 amide bonds. The molecule has 0 saturated carbocycles. The minimum Gasteiger partial charge on any atom is -0.457 e. The lowest BCUT2D eigenvalue weighted by Gasteiger charge is -2.07. The molecule has 0 fully saturated rings. The third-order valence-electron chi connectivity index (χ3n) is 3.62. The molecule has 148 valence electrons. The normalized spacial score (nSPS) is 10.9. The fourth-order valence-corrected chi connectivity index (χ4v) is 3.24. The quantitative estimate of drug-likeness (QED) is 0.424. The van der Waals surface area contributed by atoms with Crippen molar-refractivity contribution in [2.45, 2.75) is 13.8 Å². The molecular formula is C20H16Cl2N4O2S. The lowest BCUT2D eigenvalue weighted by atomic mass is 10.2. The van der Waals surface area contributed by atoms with Crippen molar-refractivity contribution in [3.05, 3.63) is 69.7 Å². The van der Waals surface area contributed by atoms with E-state index in [1.807, 2.05) is 19.9 Å². The van der Waals surface area contributed by atoms with Gasteiger partial charge in [-0.1, -0.05) is 23.2 Å². The van der Waals surface area contributed by atoms with Gasteiger partial charge in [-0.2, -0.15) is 0 Å². The highest BCUT2D eigenvalue weighted by Crippen LogP contribution is 2.28. The molecule has 3 aromatic rings. The molecule has 3 rings (SSSR count). The predicted octanol–water partition coefficient (Wildman–Crippen LogP) is 5.19. The molecule has 9 heteroatoms. The van der Waals surface area contributed by atoms with Gasteiger partial charge in [-0.25, -0.2) is 9.97 Å². The van der Waals surface area contributed by atoms with Crippen LogP contribution >= 0.6 is 35.4 Å². The number of carbonyl (C=O) groups excluding carboxylic acids is 1. The van der Waals surface area contributed by atoms with Crippen LogP contribution in [0.4, 0.5) is 5.95 Å². The van der Waals surface area contributed by atoms with Gasteiger partial charge in [-0.05, 0) is 68.5 Å². The largest absolute Gasteiger partial charge is 0.457 e. The number of aromatic nitrogens is 2. The highest BCUT2D eigenvalue weighted by molar-refractivity contribution is 7.80. The maximum Gasteiger partial charge on any atom is 0.250 e. The number of hydrogen-bond donors (Lipinski definition) is 2. The van der Waals surface area contributed by atoms with Gasteiger partial charge in [0, 0.05) is 33.1 Å². The SMILES string of the molecule is Cc1cc(C)nc(NC(=S)NC(=O)/C=C/c2ccc(-c3cc(Cl)cc(Cl)c3)o2)n1. The summed E-state index contributed by atoms with van der Waals surface area (Å²) in [6.07, 6.45) is 2.84. The van der Waals surface area contributed by atoms with Crippen molar-refractivity contribution in [1.29, 1.82) is 0 Å². The number of anilines is 1. The van der Waals surface area contributed by atoms with Crippen molar-refractivity contribution < 1.29 is 9.21 Å². The zero-order valence-electron chi connectivity index (χ0n) is 15.5. The minimum atomic E-state index is -0.421. The van der Waals surface area contributed by atoms with Gasteiger partial charge in [-0.3, -0.25) is 10.1 Å². The Bertz CT molecular complexity index is 1070. The molecule has 0 aliphatic heterocycles. The molecule has 29 heavy (non-hydrogen) atoms. The molecule has 0 bridgehead atoms. The molecule has 0 saturated heterocycles. The summed E-state index contributed by atoms with van der Waals surface area (Å²) in [5.74, 6) is 0.977. The van der Waals surface area contributed by atoms with E-state index in [1.54, 1.807) is 30.3 Å². The topological polar surface area (TPSA) is 80.0 Å². The molecule has 0 spiro atoms. The summed E-state index contributed by atoms with van der Waals surface area (Å²) in [5.41, 5.74) is 2.33. The van der Waals surface area contributed by atoms with Crippen LogP contribution in [0, 0.1) is 13.8 Å². The lowest BCUT2D eigenvalue weighted by Crippen LogP contribution is -2.33. The first kappa shape index (κ1) is 21.0. The second-order valence-electron chi connectivity index (χ2n) is 6.11. The minimum absolute atomic E-state index is 0.0957. The Balaban J connectivity index is 1.60. The summed E-state index contributed by atoms with van der Waals surface area (Å²) in [6.45, 7) is 3.69. The molecule has 0 aliphatic rings. The molecule has 0 radical (unpaired) electrons. The van der Waals surface area contributed by atoms with Crippen molar-refractivity contribution in [2.24, 2.45) is 0 Å². The van der Waals surface area contributed by atoms with Gasteiger partial charge in [0.1, 0.15) is 11.5 Å². The summed E-state index contributed by atoms with van der Waals surface area (Å²) in [6, 6.07) is 10.5. The highest BCUT2D eigenvalue weighted by atomic mass is 35.5. The van der Waals surface area contributed by atoms with Crippen LogP contribution in [0.2, 0.25) is 10.0 Å². The average Bonchev–Trinajstić information content (AvgIpc) is 3.07. The van der Waals surface area contributed by atoms with Crippen molar-refractivity contribution >= 4 is 58.5 Å². The van der Waals surface area contributed by atoms with E-state index in [0.29, 0.717) is 27.5 Å². The summed E-state index contributed by atoms with van der Waals surface area (Å²) >= 11 is 17.1. The standard InChI is InChI=1S/C20H16Cl2N4O2S/c1-11-7-12(2)24-19(23-11)26-20(29)25-18(27)6-4-16-3-5-17(28-16)13-8-14(21)10-15(22)9-13/h3-10H,1-2H3,(H2,23,24,25,26,27,29)/b6-4+. The Kier molecular flexibility index (Phi) is 6.64. The van der Waals surface area contributed by atoms with Gasteiger partial charge >= 0.3 is 0 Å². The monoisotopic (exact) mass is 446 g/mol. The molecule has 0 atom stereocenters. The third-order valence-corrected chi connectivity index (χ3v) is 4.26. The van der Waals surface area contributed by atoms with E-state index in [0.717, 1.165) is 17.0 Å². The first-order valence-corrected chi connectivity index (χ1v) is 9.63. The second-order valence-corrected chi connectivity index (χ2v) is 7.39. The Morgan fingerprint density at radius 2 is 1.72 bits per heavy atom. The van der Waals surface area contributed by atoms with Gasteiger partial charge < -0.3 is 9.73 Å². The molecule has 1 aromatic carbocycles. The Hall–Kier alpha value is -2.74. The van der Waals surface area contributed by atoms with Crippen LogP contribution in [0.1, 0.15) is 17.1 Å². The molecular weight excluding hydrogens is 431 g/mol. The Morgan fingerprint density at radius 1 is 1.07 bits per heavy atom. The number of halogens is 2. The van der Waals surface area contributed by atoms with Gasteiger partial charge in [0.05, 0.1) is 0 Å². The summed E-state index contributed by atoms with van der Waals surface area (Å²) in [5, 5.41) is 6.43. The Morgan fingerprint density at radius 3 is 2.38 bits per heavy atom. The van der Waals surface area contributed by atoms with E-state index in [-0.39, 0.29) is 5.11 Å². The average molecular weight is 447 g/mol. The second kappa shape index (κ2) is 9.17. The lowest BCUT2D eigenvalue weighted by molar-refractivity contribution is -0.115. The number of aryl methyl sites for hydroxylation is 2. The van der Waals surface area contributed by atoms with Crippen molar-refractivity contribution in [3.63, 3.8) is 0 Å². The summed E-state index contributed by atoms with van der Waals surface area (Å²) in [4.78, 5) is 20.5. The number of nitrogens with zero attached hydrogens (tertiary/aromatic N) is 2. The Labute approximate surface area is 183 Å². The number of hydrogen-bond acceptors (Lipinski definition) is 5. The maximum atomic E-state index is 12.1. The molecule has 0 unspecified atom stereocenters. The number of amides is 1. The van der Waals surface area contributed by atoms with Crippen LogP contribution in [-0.4, -0.2) is 21.0 Å². The maximum absolute atomic E-state index is 12.1. The van der Waals surface area contributed by atoms with Gasteiger partial charge in [0.2, 0.25) is 11.9 Å². The number of furan rings is 1. The number of carbonyl (C=O) groups is 1. The van der Waals surface area contributed by atoms with Crippen LogP contribution in [0.5, 0.6) is 0 Å². The molecule has 6 nitrogen and oxygen atoms in total. The smallest absolute Gasteiger partial charge is 0.250 e. The zero-order valence-corrected chi connectivity index (χ0v) is 17.8. The summed E-state index contributed by atoms with van der Waals surface area (Å²) < 4.78 is 5.70. The van der Waals surface area contributed by atoms with Gasteiger partial charge in [-0.15, -0.1) is 0 Å². The first-order chi connectivity index (χ1) is 13.8. The van der Waals surface area contributed by atoms with Crippen LogP contribution in [0.25, 0.3) is 17.4 Å². The predicted molar refractivity (Wildman–Crippen MR) is 119 cm³/mol. The highest BCUT2D eigenvalue weighted by Gasteiger charge is 2.07. The number of benzene rings is 1. The number of rotatable bonds is 4. The van der Waals surface area contributed by atoms with E-state index in [9.17, 15) is 4.79 Å². The van der Waals surface area contributed by atoms with Gasteiger partial charge in [0.15, 0.2) is 5.11 Å². The van der Waals surface area contributed by atoms with E-state index in [4.69, 9.17) is 39.8 Å². The fourth-order valence-electron chi connectivity index (χ4n) is 2.52. The van der Waals surface area contributed by atoms with Crippen LogP contribution in [0.3, 0.4) is 0 Å². The van der Waals surface area contributed by atoms with Crippen LogP contribution in [-0.2, 0) is 4.79 Å². The van der Waals surface area contributed by atoms with E-state index < -0.39 is 5.91 Å². The van der Waals surface area contributed by atoms with Crippen LogP contribution in [0.15, 0.2) is 46.9 Å². The fraction of sp³-hybridized carbons (Fsp3) is 0.100. The molecule has 0 aliphatic carbocycles. The van der Waals surface area contributed by atoms with Crippen molar-refractivity contribution in [3.8, 4) is 11.3 Å². The van der Waals surface area contributed by atoms with E-state index in [1.165, 1.54) is 12.2 Å². The van der Waals surface area contributed by atoms with Crippen LogP contribution < -0.4 is 10.6 Å². The molecule has 2 aromatic heterocycles. The first-order valence-electron chi connectivity index (χ1n) is 8.47. The van der Waals surface area contributed by atoms with Crippen molar-refractivity contribution in [2.75, 3.05) is 5.32 Å².